The van der Waals surface area contributed by atoms with E-state index >= 15 is 0 Å². The van der Waals surface area contributed by atoms with Crippen LogP contribution in [0.25, 0.3) is 0 Å². The van der Waals surface area contributed by atoms with Gasteiger partial charge in [-0.1, -0.05) is 60.6 Å². The van der Waals surface area contributed by atoms with E-state index in [-0.39, 0.29) is 40.2 Å². The molecule has 3 aliphatic rings. The van der Waals surface area contributed by atoms with Crippen LogP contribution in [-0.4, -0.2) is 75.3 Å². The molecule has 8 heteroatoms. The molecule has 1 aromatic rings. The van der Waals surface area contributed by atoms with E-state index in [1.54, 1.807) is 12.1 Å². The lowest BCUT2D eigenvalue weighted by Crippen LogP contribution is -2.54. The number of piperazine rings is 1. The first-order chi connectivity index (χ1) is 19.5. The van der Waals surface area contributed by atoms with Crippen LogP contribution in [0.1, 0.15) is 116 Å². The first-order valence-electron chi connectivity index (χ1n) is 15.8. The molecule has 232 valence electrons. The Bertz CT molecular complexity index is 1180. The first-order valence-corrected chi connectivity index (χ1v) is 15.8. The minimum absolute atomic E-state index is 0.0628. The van der Waals surface area contributed by atoms with Crippen LogP contribution in [0, 0.1) is 22.7 Å². The van der Waals surface area contributed by atoms with Crippen LogP contribution in [-0.2, 0) is 9.59 Å². The van der Waals surface area contributed by atoms with Gasteiger partial charge in [0.1, 0.15) is 5.66 Å². The van der Waals surface area contributed by atoms with Crippen LogP contribution in [0.15, 0.2) is 29.3 Å². The Kier molecular flexibility index (Phi) is 9.15. The molecule has 4 rings (SSSR count). The van der Waals surface area contributed by atoms with Gasteiger partial charge < -0.3 is 19.8 Å². The quantitative estimate of drug-likeness (QED) is 0.374. The molecule has 1 aliphatic carbocycles. The summed E-state index contributed by atoms with van der Waals surface area (Å²) in [6.07, 6.45) is 5.29. The monoisotopic (exact) mass is 580 g/mol. The molecular formula is C34H52N4O4. The van der Waals surface area contributed by atoms with Crippen molar-refractivity contribution >= 4 is 23.6 Å². The Hall–Kier alpha value is -2.90. The minimum atomic E-state index is -0.962. The van der Waals surface area contributed by atoms with Crippen molar-refractivity contribution in [3.63, 3.8) is 0 Å². The summed E-state index contributed by atoms with van der Waals surface area (Å²) in [6.45, 7) is 20.2. The molecule has 2 amide bonds. The summed E-state index contributed by atoms with van der Waals surface area (Å²) in [5.41, 5.74) is 0.634. The number of benzene rings is 1. The molecule has 2 heterocycles. The zero-order chi connectivity index (χ0) is 31.0. The predicted octanol–water partition coefficient (Wildman–Crippen LogP) is 6.23. The molecule has 2 aliphatic heterocycles. The van der Waals surface area contributed by atoms with Crippen molar-refractivity contribution in [3.8, 4) is 0 Å². The molecular weight excluding hydrogens is 528 g/mol. The van der Waals surface area contributed by atoms with Gasteiger partial charge in [0, 0.05) is 32.1 Å². The summed E-state index contributed by atoms with van der Waals surface area (Å²) in [6, 6.07) is 6.76. The average molecular weight is 581 g/mol. The van der Waals surface area contributed by atoms with Crippen molar-refractivity contribution in [2.45, 2.75) is 106 Å². The topological polar surface area (TPSA) is 93.5 Å². The molecule has 0 bridgehead atoms. The highest BCUT2D eigenvalue weighted by atomic mass is 16.4. The van der Waals surface area contributed by atoms with Gasteiger partial charge in [0.15, 0.2) is 5.84 Å². The van der Waals surface area contributed by atoms with Gasteiger partial charge in [0.05, 0.1) is 11.6 Å². The number of hydrogen-bond acceptors (Lipinski definition) is 5. The van der Waals surface area contributed by atoms with E-state index in [0.717, 1.165) is 44.1 Å². The van der Waals surface area contributed by atoms with Crippen molar-refractivity contribution in [3.05, 3.63) is 35.4 Å². The van der Waals surface area contributed by atoms with Gasteiger partial charge in [-0.05, 0) is 79.9 Å². The Balaban J connectivity index is 1.66. The van der Waals surface area contributed by atoms with Crippen LogP contribution in [0.2, 0.25) is 0 Å². The van der Waals surface area contributed by atoms with Gasteiger partial charge in [0.2, 0.25) is 5.91 Å². The van der Waals surface area contributed by atoms with Gasteiger partial charge in [0.25, 0.3) is 5.91 Å². The Labute approximate surface area is 252 Å². The summed E-state index contributed by atoms with van der Waals surface area (Å²) < 4.78 is 0. The summed E-state index contributed by atoms with van der Waals surface area (Å²) in [7, 11) is 0. The molecule has 1 aromatic carbocycles. The Morgan fingerprint density at radius 3 is 2.10 bits per heavy atom. The summed E-state index contributed by atoms with van der Waals surface area (Å²) in [5, 5.41) is 9.50. The Morgan fingerprint density at radius 2 is 1.60 bits per heavy atom. The van der Waals surface area contributed by atoms with Crippen LogP contribution < -0.4 is 0 Å². The maximum atomic E-state index is 14.5. The fourth-order valence-electron chi connectivity index (χ4n) is 6.03. The third-order valence-electron chi connectivity index (χ3n) is 9.64. The van der Waals surface area contributed by atoms with E-state index in [1.165, 1.54) is 0 Å². The summed E-state index contributed by atoms with van der Waals surface area (Å²) in [5.74, 6) is 0.360. The molecule has 1 saturated carbocycles. The second-order valence-electron chi connectivity index (χ2n) is 15.3. The van der Waals surface area contributed by atoms with Gasteiger partial charge in [-0.15, -0.1) is 0 Å². The highest BCUT2D eigenvalue weighted by Crippen LogP contribution is 2.43. The number of hydrogen-bond donors (Lipinski definition) is 1. The molecule has 1 N–H and O–H groups in total. The number of aromatic carboxylic acids is 1. The third kappa shape index (κ3) is 7.35. The fraction of sp³-hybridized carbons (Fsp3) is 0.706. The third-order valence-corrected chi connectivity index (χ3v) is 9.64. The highest BCUT2D eigenvalue weighted by Gasteiger charge is 2.49. The second-order valence-corrected chi connectivity index (χ2v) is 15.3. The van der Waals surface area contributed by atoms with Gasteiger partial charge in [-0.3, -0.25) is 9.59 Å². The average Bonchev–Trinajstić information content (AvgIpc) is 3.73. The normalized spacial score (nSPS) is 23.2. The lowest BCUT2D eigenvalue weighted by molar-refractivity contribution is -0.133. The number of carboxylic acid groups (broad SMARTS) is 1. The van der Waals surface area contributed by atoms with Crippen molar-refractivity contribution in [1.29, 1.82) is 0 Å². The van der Waals surface area contributed by atoms with E-state index in [0.29, 0.717) is 37.9 Å². The number of aliphatic imine (C=N–C) groups is 1. The maximum absolute atomic E-state index is 14.5. The molecule has 42 heavy (non-hydrogen) atoms. The molecule has 0 aromatic heterocycles. The molecule has 0 spiro atoms. The Morgan fingerprint density at radius 1 is 1.00 bits per heavy atom. The van der Waals surface area contributed by atoms with Gasteiger partial charge in [-0.25, -0.2) is 9.79 Å². The van der Waals surface area contributed by atoms with E-state index in [2.05, 4.69) is 60.3 Å². The maximum Gasteiger partial charge on any atom is 0.335 e. The molecule has 8 nitrogen and oxygen atoms in total. The summed E-state index contributed by atoms with van der Waals surface area (Å²) >= 11 is 0. The highest BCUT2D eigenvalue weighted by molar-refractivity contribution is 6.39. The van der Waals surface area contributed by atoms with Crippen molar-refractivity contribution in [1.82, 2.24) is 14.7 Å². The van der Waals surface area contributed by atoms with E-state index in [9.17, 15) is 19.5 Å². The lowest BCUT2D eigenvalue weighted by Gasteiger charge is -2.41. The van der Waals surface area contributed by atoms with E-state index < -0.39 is 11.6 Å². The predicted molar refractivity (Wildman–Crippen MR) is 166 cm³/mol. The number of carbonyl (C=O) groups excluding carboxylic acids is 2. The van der Waals surface area contributed by atoms with Crippen LogP contribution in [0.4, 0.5) is 0 Å². The van der Waals surface area contributed by atoms with Crippen LogP contribution >= 0.6 is 0 Å². The zero-order valence-corrected chi connectivity index (χ0v) is 27.1. The van der Waals surface area contributed by atoms with E-state index in [4.69, 9.17) is 4.99 Å². The van der Waals surface area contributed by atoms with Gasteiger partial charge >= 0.3 is 5.97 Å². The smallest absolute Gasteiger partial charge is 0.335 e. The largest absolute Gasteiger partial charge is 0.478 e. The first kappa shape index (κ1) is 32.0. The number of carboxylic acids is 1. The van der Waals surface area contributed by atoms with Gasteiger partial charge in [-0.2, -0.15) is 0 Å². The van der Waals surface area contributed by atoms with Crippen molar-refractivity contribution in [2.75, 3.05) is 26.2 Å². The standard InChI is InChI=1S/C34H52N4O4/c1-23(33(5,6)7)15-18-34(8)35-28(36-19-21-37(22-20-36)29(39)25-11-12-25)30(40)38(34)27(16-17-32(2,3)4)24-9-13-26(14-10-24)31(41)42/h9-10,13-14,23,25,27H,11-12,15-22H2,1-8H3,(H,41,42)/t23?,27-,34?/m1/s1. The fourth-order valence-corrected chi connectivity index (χ4v) is 6.03. The molecule has 0 radical (unpaired) electrons. The molecule has 1 saturated heterocycles. The number of carbonyl (C=O) groups is 3. The number of amidine groups is 1. The van der Waals surface area contributed by atoms with Crippen LogP contribution in [0.3, 0.4) is 0 Å². The minimum Gasteiger partial charge on any atom is -0.478 e. The van der Waals surface area contributed by atoms with E-state index in [1.807, 2.05) is 21.9 Å². The zero-order valence-electron chi connectivity index (χ0n) is 27.1. The second kappa shape index (κ2) is 12.0. The van der Waals surface area contributed by atoms with Crippen molar-refractivity contribution in [2.24, 2.45) is 27.7 Å². The lowest BCUT2D eigenvalue weighted by atomic mass is 9.78. The van der Waals surface area contributed by atoms with Crippen LogP contribution in [0.5, 0.6) is 0 Å². The SMILES string of the molecule is CC(CCC1(C)N=C(N2CCN(C(=O)C3CC3)CC2)C(=O)N1[C@H](CCC(C)(C)C)c1ccc(C(=O)O)cc1)C(C)(C)C. The molecule has 2 fully saturated rings. The van der Waals surface area contributed by atoms with Crippen molar-refractivity contribution < 1.29 is 19.5 Å². The molecule has 3 atom stereocenters. The number of amides is 2. The number of nitrogens with zero attached hydrogens (tertiary/aromatic N) is 4. The molecule has 2 unspecified atom stereocenters. The summed E-state index contributed by atoms with van der Waals surface area (Å²) in [4.78, 5) is 50.0. The number of rotatable bonds is 9.